The summed E-state index contributed by atoms with van der Waals surface area (Å²) in [6, 6.07) is 15.3. The van der Waals surface area contributed by atoms with E-state index >= 15 is 0 Å². The highest BCUT2D eigenvalue weighted by molar-refractivity contribution is 6.31. The van der Waals surface area contributed by atoms with Crippen LogP contribution in [0.25, 0.3) is 22.6 Å². The zero-order chi connectivity index (χ0) is 14.1. The maximum atomic E-state index is 6.04. The smallest absolute Gasteiger partial charge is 0.138 e. The van der Waals surface area contributed by atoms with E-state index in [2.05, 4.69) is 9.97 Å². The van der Waals surface area contributed by atoms with Crippen molar-refractivity contribution in [3.63, 3.8) is 0 Å². The molecule has 0 fully saturated rings. The van der Waals surface area contributed by atoms with E-state index in [0.717, 1.165) is 28.3 Å². The van der Waals surface area contributed by atoms with Gasteiger partial charge in [-0.1, -0.05) is 47.5 Å². The van der Waals surface area contributed by atoms with Gasteiger partial charge in [0.25, 0.3) is 0 Å². The standard InChI is InChI=1S/C16H12Cl2N2/c1-10-15(11-4-2-6-13(17)8-11)20-16(19-10)12-5-3-7-14(18)9-12/h2-9H,1H3,(H,19,20). The van der Waals surface area contributed by atoms with Gasteiger partial charge in [-0.25, -0.2) is 4.98 Å². The summed E-state index contributed by atoms with van der Waals surface area (Å²) in [5.41, 5.74) is 3.87. The summed E-state index contributed by atoms with van der Waals surface area (Å²) in [4.78, 5) is 7.95. The summed E-state index contributed by atoms with van der Waals surface area (Å²) in [5, 5.41) is 1.40. The molecule has 2 aromatic carbocycles. The minimum atomic E-state index is 0.695. The number of benzene rings is 2. The molecular formula is C16H12Cl2N2. The Balaban J connectivity index is 2.08. The predicted octanol–water partition coefficient (Wildman–Crippen LogP) is 5.36. The molecule has 0 spiro atoms. The number of imidazole rings is 1. The van der Waals surface area contributed by atoms with Crippen molar-refractivity contribution in [3.05, 3.63) is 64.3 Å². The number of hydrogen-bond donors (Lipinski definition) is 1. The number of hydrogen-bond acceptors (Lipinski definition) is 1. The first-order valence-electron chi connectivity index (χ1n) is 6.22. The van der Waals surface area contributed by atoms with Gasteiger partial charge in [0.1, 0.15) is 5.82 Å². The lowest BCUT2D eigenvalue weighted by molar-refractivity contribution is 1.26. The third-order valence-corrected chi connectivity index (χ3v) is 3.55. The zero-order valence-corrected chi connectivity index (χ0v) is 12.3. The number of rotatable bonds is 2. The number of aryl methyl sites for hydroxylation is 1. The first-order chi connectivity index (χ1) is 9.63. The molecule has 100 valence electrons. The van der Waals surface area contributed by atoms with Gasteiger partial charge in [-0.15, -0.1) is 0 Å². The Hall–Kier alpha value is -1.77. The van der Waals surface area contributed by atoms with Crippen molar-refractivity contribution in [2.75, 3.05) is 0 Å². The van der Waals surface area contributed by atoms with Crippen molar-refractivity contribution < 1.29 is 0 Å². The highest BCUT2D eigenvalue weighted by Crippen LogP contribution is 2.28. The minimum absolute atomic E-state index is 0.695. The van der Waals surface area contributed by atoms with Crippen LogP contribution in [-0.2, 0) is 0 Å². The van der Waals surface area contributed by atoms with E-state index in [0.29, 0.717) is 10.0 Å². The van der Waals surface area contributed by atoms with Gasteiger partial charge in [0, 0.05) is 26.9 Å². The van der Waals surface area contributed by atoms with Crippen LogP contribution in [0.4, 0.5) is 0 Å². The van der Waals surface area contributed by atoms with E-state index in [1.807, 2.05) is 55.5 Å². The summed E-state index contributed by atoms with van der Waals surface area (Å²) < 4.78 is 0. The van der Waals surface area contributed by atoms with Crippen molar-refractivity contribution in [2.24, 2.45) is 0 Å². The summed E-state index contributed by atoms with van der Waals surface area (Å²) in [6.07, 6.45) is 0. The number of nitrogens with zero attached hydrogens (tertiary/aromatic N) is 1. The third-order valence-electron chi connectivity index (χ3n) is 3.08. The topological polar surface area (TPSA) is 28.7 Å². The first kappa shape index (κ1) is 13.2. The number of aromatic amines is 1. The fourth-order valence-electron chi connectivity index (χ4n) is 2.15. The Morgan fingerprint density at radius 3 is 2.15 bits per heavy atom. The summed E-state index contributed by atoms with van der Waals surface area (Å²) in [6.45, 7) is 2.00. The van der Waals surface area contributed by atoms with Crippen LogP contribution in [-0.4, -0.2) is 9.97 Å². The van der Waals surface area contributed by atoms with Crippen LogP contribution in [0, 0.1) is 6.92 Å². The fourth-order valence-corrected chi connectivity index (χ4v) is 2.53. The largest absolute Gasteiger partial charge is 0.342 e. The molecule has 0 atom stereocenters. The van der Waals surface area contributed by atoms with E-state index in [9.17, 15) is 0 Å². The summed E-state index contributed by atoms with van der Waals surface area (Å²) in [5.74, 6) is 0.806. The number of H-pyrrole nitrogens is 1. The second-order valence-corrected chi connectivity index (χ2v) is 5.45. The SMILES string of the molecule is Cc1[nH]c(-c2cccc(Cl)c2)nc1-c1cccc(Cl)c1. The Labute approximate surface area is 127 Å². The molecule has 1 aromatic heterocycles. The second-order valence-electron chi connectivity index (χ2n) is 4.58. The van der Waals surface area contributed by atoms with Crippen LogP contribution in [0.1, 0.15) is 5.69 Å². The average Bonchev–Trinajstić information content (AvgIpc) is 2.81. The molecule has 1 heterocycles. The van der Waals surface area contributed by atoms with E-state index in [1.54, 1.807) is 0 Å². The van der Waals surface area contributed by atoms with Crippen LogP contribution in [0.2, 0.25) is 10.0 Å². The summed E-state index contributed by atoms with van der Waals surface area (Å²) in [7, 11) is 0. The third kappa shape index (κ3) is 2.58. The van der Waals surface area contributed by atoms with Gasteiger partial charge >= 0.3 is 0 Å². The molecule has 0 unspecified atom stereocenters. The molecule has 20 heavy (non-hydrogen) atoms. The van der Waals surface area contributed by atoms with Crippen LogP contribution in [0.15, 0.2) is 48.5 Å². The van der Waals surface area contributed by atoms with E-state index < -0.39 is 0 Å². The van der Waals surface area contributed by atoms with Crippen molar-refractivity contribution >= 4 is 23.2 Å². The monoisotopic (exact) mass is 302 g/mol. The van der Waals surface area contributed by atoms with Gasteiger partial charge in [-0.2, -0.15) is 0 Å². The lowest BCUT2D eigenvalue weighted by Gasteiger charge is -1.99. The second kappa shape index (κ2) is 5.31. The molecular weight excluding hydrogens is 291 g/mol. The van der Waals surface area contributed by atoms with Crippen molar-refractivity contribution in [1.29, 1.82) is 0 Å². The zero-order valence-electron chi connectivity index (χ0n) is 10.8. The van der Waals surface area contributed by atoms with Crippen LogP contribution in [0.3, 0.4) is 0 Å². The molecule has 0 amide bonds. The van der Waals surface area contributed by atoms with Gasteiger partial charge in [0.15, 0.2) is 0 Å². The van der Waals surface area contributed by atoms with E-state index in [-0.39, 0.29) is 0 Å². The maximum absolute atomic E-state index is 6.04. The predicted molar refractivity (Wildman–Crippen MR) is 84.2 cm³/mol. The molecule has 3 aromatic rings. The molecule has 2 nitrogen and oxygen atoms in total. The molecule has 0 bridgehead atoms. The van der Waals surface area contributed by atoms with Crippen LogP contribution in [0.5, 0.6) is 0 Å². The van der Waals surface area contributed by atoms with Crippen LogP contribution >= 0.6 is 23.2 Å². The fraction of sp³-hybridized carbons (Fsp3) is 0.0625. The Bertz CT molecular complexity index is 763. The van der Waals surface area contributed by atoms with Gasteiger partial charge in [-0.05, 0) is 31.2 Å². The van der Waals surface area contributed by atoms with E-state index in [4.69, 9.17) is 23.2 Å². The lowest BCUT2D eigenvalue weighted by atomic mass is 10.1. The highest BCUT2D eigenvalue weighted by Gasteiger charge is 2.11. The van der Waals surface area contributed by atoms with Gasteiger partial charge in [0.2, 0.25) is 0 Å². The Morgan fingerprint density at radius 1 is 0.900 bits per heavy atom. The van der Waals surface area contributed by atoms with Crippen molar-refractivity contribution in [2.45, 2.75) is 6.92 Å². The molecule has 0 aliphatic rings. The minimum Gasteiger partial charge on any atom is -0.342 e. The number of nitrogens with one attached hydrogen (secondary N) is 1. The number of halogens is 2. The highest BCUT2D eigenvalue weighted by atomic mass is 35.5. The average molecular weight is 303 g/mol. The molecule has 1 N–H and O–H groups in total. The molecule has 0 aliphatic heterocycles. The van der Waals surface area contributed by atoms with Gasteiger partial charge in [0.05, 0.1) is 5.69 Å². The number of aromatic nitrogens is 2. The van der Waals surface area contributed by atoms with Crippen molar-refractivity contribution in [1.82, 2.24) is 9.97 Å². The first-order valence-corrected chi connectivity index (χ1v) is 6.97. The van der Waals surface area contributed by atoms with Crippen LogP contribution < -0.4 is 0 Å². The Morgan fingerprint density at radius 2 is 1.50 bits per heavy atom. The normalized spacial score (nSPS) is 10.8. The Kier molecular flexibility index (Phi) is 3.51. The van der Waals surface area contributed by atoms with Crippen molar-refractivity contribution in [3.8, 4) is 22.6 Å². The lowest BCUT2D eigenvalue weighted by Crippen LogP contribution is -1.81. The van der Waals surface area contributed by atoms with E-state index in [1.165, 1.54) is 0 Å². The van der Waals surface area contributed by atoms with Gasteiger partial charge < -0.3 is 4.98 Å². The molecule has 3 rings (SSSR count). The van der Waals surface area contributed by atoms with Gasteiger partial charge in [-0.3, -0.25) is 0 Å². The summed E-state index contributed by atoms with van der Waals surface area (Å²) >= 11 is 12.1. The molecule has 0 saturated carbocycles. The molecule has 0 radical (unpaired) electrons. The molecule has 0 saturated heterocycles. The molecule has 4 heteroatoms. The quantitative estimate of drug-likeness (QED) is 0.678. The molecule has 0 aliphatic carbocycles. The maximum Gasteiger partial charge on any atom is 0.138 e.